The van der Waals surface area contributed by atoms with Gasteiger partial charge in [0, 0.05) is 12.0 Å². The van der Waals surface area contributed by atoms with Crippen LogP contribution >= 0.6 is 0 Å². The van der Waals surface area contributed by atoms with Crippen LogP contribution in [0.5, 0.6) is 0 Å². The number of nitrogens with two attached hydrogens (primary N) is 1. The van der Waals surface area contributed by atoms with E-state index >= 15 is 0 Å². The molecule has 1 saturated carbocycles. The van der Waals surface area contributed by atoms with Gasteiger partial charge in [-0.1, -0.05) is 37.1 Å². The van der Waals surface area contributed by atoms with E-state index in [0.29, 0.717) is 12.0 Å². The Labute approximate surface area is 110 Å². The highest BCUT2D eigenvalue weighted by atomic mass is 15.2. The molecule has 0 aromatic heterocycles. The van der Waals surface area contributed by atoms with Gasteiger partial charge in [-0.05, 0) is 49.1 Å². The highest BCUT2D eigenvalue weighted by Gasteiger charge is 2.33. The zero-order valence-electron chi connectivity index (χ0n) is 11.1. The van der Waals surface area contributed by atoms with Crippen molar-refractivity contribution in [2.75, 3.05) is 0 Å². The van der Waals surface area contributed by atoms with E-state index in [1.54, 1.807) is 11.1 Å². The van der Waals surface area contributed by atoms with Crippen LogP contribution < -0.4 is 11.3 Å². The van der Waals surface area contributed by atoms with Gasteiger partial charge in [0.2, 0.25) is 0 Å². The average Bonchev–Trinajstić information content (AvgIpc) is 2.94. The van der Waals surface area contributed by atoms with E-state index in [2.05, 4.69) is 29.7 Å². The molecule has 2 nitrogen and oxygen atoms in total. The fourth-order valence-corrected chi connectivity index (χ4v) is 4.06. The van der Waals surface area contributed by atoms with Crippen LogP contribution in [0.4, 0.5) is 0 Å². The number of benzene rings is 1. The van der Waals surface area contributed by atoms with E-state index in [4.69, 9.17) is 5.84 Å². The fourth-order valence-electron chi connectivity index (χ4n) is 4.06. The molecule has 98 valence electrons. The van der Waals surface area contributed by atoms with E-state index in [1.165, 1.54) is 44.9 Å². The van der Waals surface area contributed by atoms with E-state index in [-0.39, 0.29) is 0 Å². The Morgan fingerprint density at radius 1 is 1.06 bits per heavy atom. The fraction of sp³-hybridized carbons (Fsp3) is 0.625. The summed E-state index contributed by atoms with van der Waals surface area (Å²) in [5.74, 6) is 7.30. The molecule has 18 heavy (non-hydrogen) atoms. The van der Waals surface area contributed by atoms with Crippen LogP contribution in [0, 0.1) is 5.92 Å². The van der Waals surface area contributed by atoms with Crippen molar-refractivity contribution < 1.29 is 0 Å². The predicted octanol–water partition coefficient (Wildman–Crippen LogP) is 3.13. The van der Waals surface area contributed by atoms with Crippen molar-refractivity contribution in [1.29, 1.82) is 0 Å². The van der Waals surface area contributed by atoms with Gasteiger partial charge in [-0.3, -0.25) is 11.3 Å². The van der Waals surface area contributed by atoms with Crippen LogP contribution in [0.2, 0.25) is 0 Å². The molecule has 3 rings (SSSR count). The Morgan fingerprint density at radius 2 is 1.83 bits per heavy atom. The molecular weight excluding hydrogens is 220 g/mol. The van der Waals surface area contributed by atoms with Gasteiger partial charge in [-0.15, -0.1) is 0 Å². The van der Waals surface area contributed by atoms with Crippen LogP contribution in [0.1, 0.15) is 55.6 Å². The molecule has 0 heterocycles. The highest BCUT2D eigenvalue weighted by molar-refractivity contribution is 5.34. The van der Waals surface area contributed by atoms with E-state index in [9.17, 15) is 0 Å². The minimum absolute atomic E-state index is 0.481. The summed E-state index contributed by atoms with van der Waals surface area (Å²) in [4.78, 5) is 0. The number of hydrogen-bond donors (Lipinski definition) is 2. The van der Waals surface area contributed by atoms with Gasteiger partial charge in [0.25, 0.3) is 0 Å². The van der Waals surface area contributed by atoms with Crippen LogP contribution in [-0.2, 0) is 6.42 Å². The zero-order valence-corrected chi connectivity index (χ0v) is 11.1. The molecule has 0 radical (unpaired) electrons. The minimum Gasteiger partial charge on any atom is -0.271 e. The number of aryl methyl sites for hydroxylation is 1. The van der Waals surface area contributed by atoms with Gasteiger partial charge in [0.05, 0.1) is 0 Å². The van der Waals surface area contributed by atoms with E-state index < -0.39 is 0 Å². The Hall–Kier alpha value is -0.860. The van der Waals surface area contributed by atoms with Crippen LogP contribution in [0.3, 0.4) is 0 Å². The topological polar surface area (TPSA) is 38.0 Å². The third-order valence-corrected chi connectivity index (χ3v) is 4.95. The summed E-state index contributed by atoms with van der Waals surface area (Å²) >= 11 is 0. The summed E-state index contributed by atoms with van der Waals surface area (Å²) < 4.78 is 0. The number of hydrazine groups is 1. The molecule has 2 unspecified atom stereocenters. The van der Waals surface area contributed by atoms with Crippen molar-refractivity contribution in [3.05, 3.63) is 35.4 Å². The molecular formula is C16H24N2. The van der Waals surface area contributed by atoms with Crippen molar-refractivity contribution in [2.24, 2.45) is 11.8 Å². The molecule has 2 atom stereocenters. The second-order valence-corrected chi connectivity index (χ2v) is 5.93. The third kappa shape index (κ3) is 2.19. The largest absolute Gasteiger partial charge is 0.271 e. The molecule has 1 fully saturated rings. The molecule has 0 aliphatic heterocycles. The SMILES string of the molecule is NNC(C1CCCC1)C1CCCc2ccccc21. The van der Waals surface area contributed by atoms with Crippen LogP contribution in [0.25, 0.3) is 0 Å². The van der Waals surface area contributed by atoms with Crippen molar-refractivity contribution in [3.8, 4) is 0 Å². The standard InChI is InChI=1S/C16H24N2/c17-18-16(13-7-1-2-8-13)15-11-5-9-12-6-3-4-10-14(12)15/h3-4,6,10,13,15-16,18H,1-2,5,7-9,11,17H2. The molecule has 0 spiro atoms. The number of hydrogen-bond acceptors (Lipinski definition) is 2. The second-order valence-electron chi connectivity index (χ2n) is 5.93. The van der Waals surface area contributed by atoms with Crippen molar-refractivity contribution in [1.82, 2.24) is 5.43 Å². The van der Waals surface area contributed by atoms with Crippen LogP contribution in [0.15, 0.2) is 24.3 Å². The molecule has 3 N–H and O–H groups in total. The molecule has 1 aromatic rings. The Balaban J connectivity index is 1.87. The second kappa shape index (κ2) is 5.41. The van der Waals surface area contributed by atoms with Gasteiger partial charge in [-0.2, -0.15) is 0 Å². The predicted molar refractivity (Wildman–Crippen MR) is 75.2 cm³/mol. The summed E-state index contributed by atoms with van der Waals surface area (Å²) in [6.07, 6.45) is 9.33. The smallest absolute Gasteiger partial charge is 0.0307 e. The molecule has 2 aliphatic rings. The zero-order chi connectivity index (χ0) is 12.4. The maximum Gasteiger partial charge on any atom is 0.0307 e. The first kappa shape index (κ1) is 12.2. The quantitative estimate of drug-likeness (QED) is 0.633. The molecule has 2 aliphatic carbocycles. The normalized spacial score (nSPS) is 25.9. The Bertz CT molecular complexity index is 396. The van der Waals surface area contributed by atoms with Gasteiger partial charge in [-0.25, -0.2) is 0 Å². The molecule has 0 bridgehead atoms. The van der Waals surface area contributed by atoms with Crippen molar-refractivity contribution >= 4 is 0 Å². The Kier molecular flexibility index (Phi) is 3.67. The first-order chi connectivity index (χ1) is 8.90. The van der Waals surface area contributed by atoms with Gasteiger partial charge < -0.3 is 0 Å². The summed E-state index contributed by atoms with van der Waals surface area (Å²) in [5, 5.41) is 0. The van der Waals surface area contributed by atoms with Gasteiger partial charge in [0.1, 0.15) is 0 Å². The maximum absolute atomic E-state index is 5.89. The number of nitrogens with one attached hydrogen (secondary N) is 1. The molecule has 0 saturated heterocycles. The Morgan fingerprint density at radius 3 is 2.61 bits per heavy atom. The first-order valence-corrected chi connectivity index (χ1v) is 7.44. The van der Waals surface area contributed by atoms with Crippen molar-refractivity contribution in [2.45, 2.75) is 56.9 Å². The lowest BCUT2D eigenvalue weighted by atomic mass is 9.75. The lowest BCUT2D eigenvalue weighted by molar-refractivity contribution is 0.292. The van der Waals surface area contributed by atoms with Gasteiger partial charge in [0.15, 0.2) is 0 Å². The van der Waals surface area contributed by atoms with Gasteiger partial charge >= 0.3 is 0 Å². The summed E-state index contributed by atoms with van der Waals surface area (Å²) in [5.41, 5.74) is 6.26. The first-order valence-electron chi connectivity index (χ1n) is 7.44. The minimum atomic E-state index is 0.481. The molecule has 1 aromatic carbocycles. The summed E-state index contributed by atoms with van der Waals surface area (Å²) in [6, 6.07) is 9.44. The third-order valence-electron chi connectivity index (χ3n) is 4.95. The lowest BCUT2D eigenvalue weighted by Crippen LogP contribution is -2.45. The average molecular weight is 244 g/mol. The van der Waals surface area contributed by atoms with E-state index in [1.807, 2.05) is 0 Å². The molecule has 0 amide bonds. The summed E-state index contributed by atoms with van der Waals surface area (Å²) in [6.45, 7) is 0. The van der Waals surface area contributed by atoms with Crippen molar-refractivity contribution in [3.63, 3.8) is 0 Å². The monoisotopic (exact) mass is 244 g/mol. The van der Waals surface area contributed by atoms with Crippen LogP contribution in [-0.4, -0.2) is 6.04 Å². The lowest BCUT2D eigenvalue weighted by Gasteiger charge is -2.35. The molecule has 2 heteroatoms. The maximum atomic E-state index is 5.89. The number of fused-ring (bicyclic) bond motifs is 1. The summed E-state index contributed by atoms with van der Waals surface area (Å²) in [7, 11) is 0. The highest BCUT2D eigenvalue weighted by Crippen LogP contribution is 2.40. The van der Waals surface area contributed by atoms with E-state index in [0.717, 1.165) is 5.92 Å². The number of rotatable bonds is 3.